The predicted octanol–water partition coefficient (Wildman–Crippen LogP) is 0.0134. The smallest absolute Gasteiger partial charge is 0.163 e. The van der Waals surface area contributed by atoms with Gasteiger partial charge in [-0.05, 0) is 0 Å². The second-order valence-electron chi connectivity index (χ2n) is 0.975. The van der Waals surface area contributed by atoms with Crippen LogP contribution >= 0.6 is 11.6 Å². The molecule has 4 heteroatoms. The molecule has 0 saturated carbocycles. The molecule has 0 aromatic rings. The molecule has 1 aliphatic rings. The summed E-state index contributed by atoms with van der Waals surface area (Å²) < 4.78 is 4.26. The van der Waals surface area contributed by atoms with E-state index in [0.29, 0.717) is 0 Å². The molecule has 1 unspecified atom stereocenters. The summed E-state index contributed by atoms with van der Waals surface area (Å²) in [5.41, 5.74) is -0.931. The maximum absolute atomic E-state index is 10.1. The summed E-state index contributed by atoms with van der Waals surface area (Å²) in [6.07, 6.45) is 1.97. The molecule has 0 spiro atoms. The van der Waals surface area contributed by atoms with Crippen molar-refractivity contribution < 1.29 is 9.53 Å². The third kappa shape index (κ3) is 0.718. The standard InChI is InChI=1S/C3HClNO2/c4-2-3(6)5-1-7-2/h2H/q-1. The van der Waals surface area contributed by atoms with Crippen LogP contribution in [0.2, 0.25) is 0 Å². The Labute approximate surface area is 44.9 Å². The first kappa shape index (κ1) is 4.59. The van der Waals surface area contributed by atoms with E-state index in [4.69, 9.17) is 11.6 Å². The molecule has 1 heterocycles. The van der Waals surface area contributed by atoms with Crippen LogP contribution in [0.4, 0.5) is 0 Å². The number of carbonyl (C=O) groups excluding carboxylic acids is 1. The molecule has 1 rings (SSSR count). The monoisotopic (exact) mass is 118 g/mol. The topological polar surface area (TPSA) is 38.7 Å². The maximum Gasteiger partial charge on any atom is 0.163 e. The highest BCUT2D eigenvalue weighted by Crippen LogP contribution is 2.03. The van der Waals surface area contributed by atoms with Gasteiger partial charge in [-0.15, -0.1) is 0 Å². The SMILES string of the molecule is O=C1N=[C-]OC1Cl. The van der Waals surface area contributed by atoms with E-state index in [2.05, 4.69) is 9.73 Å². The summed E-state index contributed by atoms with van der Waals surface area (Å²) >= 11 is 5.13. The van der Waals surface area contributed by atoms with Crippen LogP contribution in [0.25, 0.3) is 0 Å². The number of amides is 1. The number of ether oxygens (including phenoxy) is 1. The van der Waals surface area contributed by atoms with Crippen LogP contribution in [0.1, 0.15) is 0 Å². The Balaban J connectivity index is 2.62. The minimum atomic E-state index is -0.931. The zero-order valence-electron chi connectivity index (χ0n) is 3.22. The third-order valence-corrected chi connectivity index (χ3v) is 0.782. The normalized spacial score (nSPS) is 28.1. The minimum absolute atomic E-state index is 0.485. The Bertz CT molecular complexity index is 122. The first-order valence-corrected chi connectivity index (χ1v) is 2.03. The van der Waals surface area contributed by atoms with Crippen LogP contribution in [-0.2, 0) is 9.53 Å². The van der Waals surface area contributed by atoms with Crippen LogP contribution in [0, 0.1) is 0 Å². The number of alkyl halides is 1. The number of aliphatic imine (C=N–C) groups is 1. The van der Waals surface area contributed by atoms with E-state index in [9.17, 15) is 4.79 Å². The highest BCUT2D eigenvalue weighted by Gasteiger charge is 2.06. The predicted molar refractivity (Wildman–Crippen MR) is 23.2 cm³/mol. The van der Waals surface area contributed by atoms with E-state index in [1.165, 1.54) is 0 Å². The van der Waals surface area contributed by atoms with Gasteiger partial charge in [0.15, 0.2) is 5.56 Å². The molecule has 7 heavy (non-hydrogen) atoms. The lowest BCUT2D eigenvalue weighted by atomic mass is 10.7. The summed E-state index contributed by atoms with van der Waals surface area (Å²) in [6.45, 7) is 0. The molecule has 0 saturated heterocycles. The zero-order valence-corrected chi connectivity index (χ0v) is 3.97. The van der Waals surface area contributed by atoms with Crippen molar-refractivity contribution in [1.29, 1.82) is 0 Å². The fourth-order valence-corrected chi connectivity index (χ4v) is 0.307. The molecule has 0 radical (unpaired) electrons. The first-order valence-electron chi connectivity index (χ1n) is 1.60. The lowest BCUT2D eigenvalue weighted by molar-refractivity contribution is -0.119. The largest absolute Gasteiger partial charge is 0.564 e. The van der Waals surface area contributed by atoms with Crippen LogP contribution in [0.5, 0.6) is 0 Å². The number of hydrogen-bond acceptors (Lipinski definition) is 2. The molecule has 3 nitrogen and oxygen atoms in total. The summed E-state index contributed by atoms with van der Waals surface area (Å²) in [5.74, 6) is -0.485. The van der Waals surface area contributed by atoms with Gasteiger partial charge in [0, 0.05) is 6.40 Å². The Morgan fingerprint density at radius 3 is 2.86 bits per heavy atom. The summed E-state index contributed by atoms with van der Waals surface area (Å²) in [4.78, 5) is 13.2. The van der Waals surface area contributed by atoms with Crippen LogP contribution in [0.3, 0.4) is 0 Å². The molecule has 1 amide bonds. The Morgan fingerprint density at radius 2 is 2.71 bits per heavy atom. The van der Waals surface area contributed by atoms with Gasteiger partial charge in [-0.1, -0.05) is 11.6 Å². The quantitative estimate of drug-likeness (QED) is 0.332. The Morgan fingerprint density at radius 1 is 2.00 bits per heavy atom. The van der Waals surface area contributed by atoms with Gasteiger partial charge in [0.2, 0.25) is 0 Å². The fourth-order valence-electron chi connectivity index (χ4n) is 0.219. The van der Waals surface area contributed by atoms with Gasteiger partial charge in [0.05, 0.1) is 0 Å². The average molecular weight is 118 g/mol. The first-order chi connectivity index (χ1) is 3.30. The molecule has 0 aromatic heterocycles. The van der Waals surface area contributed by atoms with Gasteiger partial charge in [0.25, 0.3) is 0 Å². The summed E-state index contributed by atoms with van der Waals surface area (Å²) in [5, 5.41) is 0. The lowest BCUT2D eigenvalue weighted by Gasteiger charge is -2.00. The third-order valence-electron chi connectivity index (χ3n) is 0.506. The fraction of sp³-hybridized carbons (Fsp3) is 0.333. The van der Waals surface area contributed by atoms with Crippen molar-refractivity contribution in [3.05, 3.63) is 0 Å². The molecule has 0 N–H and O–H groups in total. The van der Waals surface area contributed by atoms with Crippen molar-refractivity contribution in [2.24, 2.45) is 4.99 Å². The van der Waals surface area contributed by atoms with Gasteiger partial charge in [-0.3, -0.25) is 0 Å². The van der Waals surface area contributed by atoms with E-state index in [-0.39, 0.29) is 0 Å². The molecule has 0 fully saturated rings. The van der Waals surface area contributed by atoms with Crippen molar-refractivity contribution in [1.82, 2.24) is 0 Å². The zero-order chi connectivity index (χ0) is 5.28. The highest BCUT2D eigenvalue weighted by atomic mass is 35.5. The van der Waals surface area contributed by atoms with Crippen molar-refractivity contribution >= 4 is 23.9 Å². The number of rotatable bonds is 0. The van der Waals surface area contributed by atoms with Crippen LogP contribution in [-0.4, -0.2) is 17.9 Å². The molecule has 0 bridgehead atoms. The molecule has 1 aliphatic heterocycles. The van der Waals surface area contributed by atoms with Gasteiger partial charge in [0.1, 0.15) is 5.91 Å². The Hall–Kier alpha value is -0.570. The van der Waals surface area contributed by atoms with E-state index >= 15 is 0 Å². The maximum atomic E-state index is 10.1. The van der Waals surface area contributed by atoms with Gasteiger partial charge in [-0.25, -0.2) is 0 Å². The van der Waals surface area contributed by atoms with E-state index in [1.54, 1.807) is 0 Å². The van der Waals surface area contributed by atoms with Crippen molar-refractivity contribution in [3.8, 4) is 0 Å². The molecular formula is C3HClNO2-. The van der Waals surface area contributed by atoms with Gasteiger partial charge < -0.3 is 14.5 Å². The molecule has 0 aliphatic carbocycles. The van der Waals surface area contributed by atoms with E-state index in [1.807, 2.05) is 6.40 Å². The van der Waals surface area contributed by atoms with Gasteiger partial charge >= 0.3 is 0 Å². The van der Waals surface area contributed by atoms with Crippen molar-refractivity contribution in [2.45, 2.75) is 5.56 Å². The molecule has 38 valence electrons. The van der Waals surface area contributed by atoms with Crippen LogP contribution in [0.15, 0.2) is 4.99 Å². The minimum Gasteiger partial charge on any atom is -0.564 e. The molecular weight excluding hydrogens is 117 g/mol. The van der Waals surface area contributed by atoms with E-state index < -0.39 is 11.5 Å². The second kappa shape index (κ2) is 1.50. The second-order valence-corrected chi connectivity index (χ2v) is 1.37. The number of carbonyl (C=O) groups is 1. The molecule has 0 aromatic carbocycles. The van der Waals surface area contributed by atoms with Crippen molar-refractivity contribution in [2.75, 3.05) is 0 Å². The highest BCUT2D eigenvalue weighted by molar-refractivity contribution is 6.31. The average Bonchev–Trinajstić information content (AvgIpc) is 1.91. The van der Waals surface area contributed by atoms with Crippen molar-refractivity contribution in [3.63, 3.8) is 0 Å². The number of nitrogens with zero attached hydrogens (tertiary/aromatic N) is 1. The summed E-state index contributed by atoms with van der Waals surface area (Å²) in [6, 6.07) is 0. The number of halogens is 1. The van der Waals surface area contributed by atoms with Crippen LogP contribution < -0.4 is 0 Å². The Kier molecular flexibility index (Phi) is 0.982. The lowest BCUT2D eigenvalue weighted by Crippen LogP contribution is -2.05. The molecule has 1 atom stereocenters. The van der Waals surface area contributed by atoms with E-state index in [0.717, 1.165) is 0 Å². The summed E-state index contributed by atoms with van der Waals surface area (Å²) in [7, 11) is 0. The number of hydrogen-bond donors (Lipinski definition) is 0. The van der Waals surface area contributed by atoms with Gasteiger partial charge in [-0.2, -0.15) is 0 Å².